The van der Waals surface area contributed by atoms with Gasteiger partial charge in [-0.3, -0.25) is 9.59 Å². The van der Waals surface area contributed by atoms with Gasteiger partial charge in [0.2, 0.25) is 5.91 Å². The van der Waals surface area contributed by atoms with Crippen LogP contribution in [0.2, 0.25) is 0 Å². The lowest BCUT2D eigenvalue weighted by Crippen LogP contribution is -2.61. The Balaban J connectivity index is 2.71. The van der Waals surface area contributed by atoms with Gasteiger partial charge < -0.3 is 45.1 Å². The molecule has 6 N–H and O–H groups in total. The van der Waals surface area contributed by atoms with Gasteiger partial charge in [0.25, 0.3) is 0 Å². The van der Waals surface area contributed by atoms with E-state index in [2.05, 4.69) is 74.7 Å². The largest absolute Gasteiger partial charge is 0.454 e. The van der Waals surface area contributed by atoms with Gasteiger partial charge in [-0.05, 0) is 83.5 Å². The van der Waals surface area contributed by atoms with E-state index in [0.717, 1.165) is 103 Å². The maximum atomic E-state index is 13.3. The quantitative estimate of drug-likeness (QED) is 0.0196. The summed E-state index contributed by atoms with van der Waals surface area (Å²) in [5.74, 6) is -1.22. The van der Waals surface area contributed by atoms with Crippen LogP contribution in [-0.2, 0) is 23.8 Å². The highest BCUT2D eigenvalue weighted by molar-refractivity contribution is 5.80. The fraction of sp³-hybridized carbons (Fsp3) is 0.793. The molecular formula is C58H103NO10. The number of esters is 1. The molecule has 1 heterocycles. The van der Waals surface area contributed by atoms with Crippen molar-refractivity contribution in [2.75, 3.05) is 13.2 Å². The number of unbranched alkanes of at least 4 members (excludes halogenated alkanes) is 24. The van der Waals surface area contributed by atoms with E-state index in [4.69, 9.17) is 14.2 Å². The number of carbonyl (C=O) groups is 2. The van der Waals surface area contributed by atoms with Crippen molar-refractivity contribution < 1.29 is 49.3 Å². The molecule has 8 atom stereocenters. The number of hydrogen-bond donors (Lipinski definition) is 6. The first-order valence-electron chi connectivity index (χ1n) is 28.1. The summed E-state index contributed by atoms with van der Waals surface area (Å²) in [6.07, 6.45) is 45.6. The maximum absolute atomic E-state index is 13.3. The lowest BCUT2D eigenvalue weighted by atomic mass is 9.99. The van der Waals surface area contributed by atoms with E-state index in [1.807, 2.05) is 6.08 Å². The Morgan fingerprint density at radius 1 is 0.565 bits per heavy atom. The van der Waals surface area contributed by atoms with Crippen LogP contribution in [0.25, 0.3) is 0 Å². The zero-order valence-corrected chi connectivity index (χ0v) is 43.9. The number of nitrogens with one attached hydrogen (secondary N) is 1. The Morgan fingerprint density at radius 3 is 1.58 bits per heavy atom. The molecule has 400 valence electrons. The van der Waals surface area contributed by atoms with E-state index < -0.39 is 67.4 Å². The second-order valence-electron chi connectivity index (χ2n) is 19.3. The summed E-state index contributed by atoms with van der Waals surface area (Å²) in [5.41, 5.74) is 0. The van der Waals surface area contributed by atoms with Crippen LogP contribution in [-0.4, -0.2) is 99.6 Å². The minimum Gasteiger partial charge on any atom is -0.454 e. The summed E-state index contributed by atoms with van der Waals surface area (Å²) in [5, 5.41) is 56.6. The van der Waals surface area contributed by atoms with E-state index in [1.165, 1.54) is 83.5 Å². The molecule has 0 aromatic carbocycles. The molecule has 1 aliphatic heterocycles. The Kier molecular flexibility index (Phi) is 43.3. The van der Waals surface area contributed by atoms with Crippen LogP contribution in [0, 0.1) is 0 Å². The topological polar surface area (TPSA) is 175 Å². The number of aliphatic hydroxyl groups excluding tert-OH is 5. The minimum absolute atomic E-state index is 0.107. The smallest absolute Gasteiger partial charge is 0.306 e. The summed E-state index contributed by atoms with van der Waals surface area (Å²) in [6, 6.07) is -1.03. The summed E-state index contributed by atoms with van der Waals surface area (Å²) >= 11 is 0. The normalized spacial score (nSPS) is 20.3. The highest BCUT2D eigenvalue weighted by atomic mass is 16.7. The first-order valence-corrected chi connectivity index (χ1v) is 28.1. The third-order valence-electron chi connectivity index (χ3n) is 12.9. The molecule has 1 rings (SSSR count). The number of aliphatic hydroxyl groups is 5. The fourth-order valence-corrected chi connectivity index (χ4v) is 8.34. The molecule has 11 nitrogen and oxygen atoms in total. The van der Waals surface area contributed by atoms with E-state index in [0.29, 0.717) is 12.8 Å². The third-order valence-corrected chi connectivity index (χ3v) is 12.9. The van der Waals surface area contributed by atoms with Gasteiger partial charge in [-0.1, -0.05) is 204 Å². The van der Waals surface area contributed by atoms with Gasteiger partial charge in [-0.15, -0.1) is 0 Å². The molecule has 8 unspecified atom stereocenters. The predicted molar refractivity (Wildman–Crippen MR) is 283 cm³/mol. The van der Waals surface area contributed by atoms with Crippen LogP contribution < -0.4 is 5.32 Å². The number of ether oxygens (including phenoxy) is 3. The SMILES string of the molecule is CCCC/C=C\CCCCCCC(O)C(=O)NC(COC1OC(CO)C(O)C(O)C1OC(=O)CCCCCCCC/C=C\C/C=C\C/C=C\CCCCC)C(O)/C=C/CCCCCCCCCCC. The van der Waals surface area contributed by atoms with Crippen LogP contribution in [0.3, 0.4) is 0 Å². The molecule has 0 saturated carbocycles. The Hall–Kier alpha value is -2.64. The van der Waals surface area contributed by atoms with Gasteiger partial charge in [0, 0.05) is 6.42 Å². The first-order chi connectivity index (χ1) is 33.7. The molecule has 0 bridgehead atoms. The van der Waals surface area contributed by atoms with Gasteiger partial charge in [0.05, 0.1) is 25.4 Å². The molecule has 1 aliphatic rings. The molecule has 0 aromatic rings. The summed E-state index contributed by atoms with van der Waals surface area (Å²) in [4.78, 5) is 26.4. The van der Waals surface area contributed by atoms with Crippen molar-refractivity contribution in [3.8, 4) is 0 Å². The Bertz CT molecular complexity index is 1350. The zero-order chi connectivity index (χ0) is 50.4. The average molecular weight is 974 g/mol. The molecule has 11 heteroatoms. The van der Waals surface area contributed by atoms with Crippen molar-refractivity contribution in [3.05, 3.63) is 60.8 Å². The Labute approximate surface area is 420 Å². The van der Waals surface area contributed by atoms with Crippen LogP contribution in [0.4, 0.5) is 0 Å². The monoisotopic (exact) mass is 974 g/mol. The van der Waals surface area contributed by atoms with E-state index >= 15 is 0 Å². The standard InChI is InChI=1S/C58H103NO10/c1-4-7-10-13-16-19-22-23-24-25-26-27-28-29-31-34-37-40-43-46-53(63)69-56-55(65)54(64)52(47-60)68-58(56)67-48-49(50(61)44-41-38-35-33-30-20-17-14-11-8-5-2)59-57(66)51(62)45-42-39-36-32-21-18-15-12-9-6-3/h15-16,18-19,23-24,26-27,41,44,49-52,54-56,58,60-62,64-65H,4-14,17,20-22,25,28-40,42-43,45-48H2,1-3H3,(H,59,66)/b18-15-,19-16-,24-23-,27-26-,44-41+. The second kappa shape index (κ2) is 46.4. The van der Waals surface area contributed by atoms with E-state index in [1.54, 1.807) is 6.08 Å². The fourth-order valence-electron chi connectivity index (χ4n) is 8.34. The average Bonchev–Trinajstić information content (AvgIpc) is 3.34. The summed E-state index contributed by atoms with van der Waals surface area (Å²) in [7, 11) is 0. The van der Waals surface area contributed by atoms with Gasteiger partial charge in [-0.25, -0.2) is 0 Å². The predicted octanol–water partition coefficient (Wildman–Crippen LogP) is 12.3. The van der Waals surface area contributed by atoms with Crippen LogP contribution in [0.15, 0.2) is 60.8 Å². The second-order valence-corrected chi connectivity index (χ2v) is 19.3. The molecule has 1 saturated heterocycles. The molecule has 0 spiro atoms. The number of rotatable bonds is 46. The van der Waals surface area contributed by atoms with Crippen LogP contribution in [0.5, 0.6) is 0 Å². The molecule has 1 amide bonds. The maximum Gasteiger partial charge on any atom is 0.306 e. The minimum atomic E-state index is -1.62. The first kappa shape index (κ1) is 64.4. The van der Waals surface area contributed by atoms with E-state index in [9.17, 15) is 35.1 Å². The van der Waals surface area contributed by atoms with Gasteiger partial charge in [0.15, 0.2) is 12.4 Å². The molecule has 0 aliphatic carbocycles. The van der Waals surface area contributed by atoms with Gasteiger partial charge in [-0.2, -0.15) is 0 Å². The lowest BCUT2D eigenvalue weighted by molar-refractivity contribution is -0.305. The van der Waals surface area contributed by atoms with Gasteiger partial charge >= 0.3 is 5.97 Å². The number of hydrogen-bond acceptors (Lipinski definition) is 10. The van der Waals surface area contributed by atoms with Crippen LogP contribution in [0.1, 0.15) is 233 Å². The third kappa shape index (κ3) is 35.2. The molecule has 0 radical (unpaired) electrons. The van der Waals surface area contributed by atoms with Crippen molar-refractivity contribution in [1.29, 1.82) is 0 Å². The van der Waals surface area contributed by atoms with Crippen LogP contribution >= 0.6 is 0 Å². The molecule has 1 fully saturated rings. The van der Waals surface area contributed by atoms with Crippen molar-refractivity contribution in [3.63, 3.8) is 0 Å². The number of amides is 1. The lowest BCUT2D eigenvalue weighted by Gasteiger charge is -2.41. The summed E-state index contributed by atoms with van der Waals surface area (Å²) < 4.78 is 17.5. The summed E-state index contributed by atoms with van der Waals surface area (Å²) in [6.45, 7) is 5.67. The molecule has 69 heavy (non-hydrogen) atoms. The van der Waals surface area contributed by atoms with Crippen molar-refractivity contribution in [1.82, 2.24) is 5.32 Å². The highest BCUT2D eigenvalue weighted by Gasteiger charge is 2.47. The Morgan fingerprint density at radius 2 is 1.01 bits per heavy atom. The van der Waals surface area contributed by atoms with Crippen molar-refractivity contribution in [2.24, 2.45) is 0 Å². The zero-order valence-electron chi connectivity index (χ0n) is 43.9. The molecular weight excluding hydrogens is 871 g/mol. The highest BCUT2D eigenvalue weighted by Crippen LogP contribution is 2.26. The number of carbonyl (C=O) groups excluding carboxylic acids is 2. The van der Waals surface area contributed by atoms with Crippen molar-refractivity contribution in [2.45, 2.75) is 282 Å². The molecule has 0 aromatic heterocycles. The van der Waals surface area contributed by atoms with E-state index in [-0.39, 0.29) is 19.4 Å². The number of allylic oxidation sites excluding steroid dienone is 9. The van der Waals surface area contributed by atoms with Gasteiger partial charge in [0.1, 0.15) is 24.4 Å². The van der Waals surface area contributed by atoms with Crippen molar-refractivity contribution >= 4 is 11.9 Å².